The van der Waals surface area contributed by atoms with Crippen molar-refractivity contribution in [3.05, 3.63) is 81.2 Å². The van der Waals surface area contributed by atoms with Crippen LogP contribution in [0.5, 0.6) is 5.75 Å². The van der Waals surface area contributed by atoms with Gasteiger partial charge in [0.1, 0.15) is 5.75 Å². The van der Waals surface area contributed by atoms with Gasteiger partial charge in [-0.3, -0.25) is 14.7 Å². The number of amides is 1. The normalized spacial score (nSPS) is 12.2. The summed E-state index contributed by atoms with van der Waals surface area (Å²) in [6, 6.07) is 15.8. The van der Waals surface area contributed by atoms with Gasteiger partial charge in [-0.15, -0.1) is 11.3 Å². The van der Waals surface area contributed by atoms with Crippen LogP contribution in [0.2, 0.25) is 0 Å². The molecule has 0 aliphatic carbocycles. The number of fused-ring (bicyclic) bond motifs is 1. The second-order valence-corrected chi connectivity index (χ2v) is 8.50. The van der Waals surface area contributed by atoms with Crippen LogP contribution in [-0.4, -0.2) is 40.7 Å². The van der Waals surface area contributed by atoms with Gasteiger partial charge in [-0.2, -0.15) is 5.10 Å². The van der Waals surface area contributed by atoms with E-state index in [0.29, 0.717) is 32.8 Å². The van der Waals surface area contributed by atoms with E-state index < -0.39 is 6.04 Å². The van der Waals surface area contributed by atoms with Gasteiger partial charge in [0.2, 0.25) is 0 Å². The van der Waals surface area contributed by atoms with Crippen LogP contribution < -0.4 is 10.1 Å². The second-order valence-electron chi connectivity index (χ2n) is 7.39. The first kappa shape index (κ1) is 22.4. The van der Waals surface area contributed by atoms with Gasteiger partial charge < -0.3 is 15.2 Å². The number of ether oxygens (including phenoxy) is 1. The third-order valence-electron chi connectivity index (χ3n) is 5.23. The maximum atomic E-state index is 13.1. The minimum Gasteiger partial charge on any atom is -0.495 e. The molecule has 8 heteroatoms. The average molecular weight is 462 g/mol. The number of aliphatic hydroxyl groups is 1. The minimum absolute atomic E-state index is 0.0284. The van der Waals surface area contributed by atoms with Gasteiger partial charge in [0, 0.05) is 4.88 Å². The van der Waals surface area contributed by atoms with Gasteiger partial charge in [-0.25, -0.2) is 0 Å². The third kappa shape index (κ3) is 4.72. The first-order valence-corrected chi connectivity index (χ1v) is 11.1. The quantitative estimate of drug-likeness (QED) is 0.336. The van der Waals surface area contributed by atoms with Crippen molar-refractivity contribution in [3.63, 3.8) is 0 Å². The number of nitrogens with one attached hydrogen (secondary N) is 2. The fraction of sp³-hybridized carbons (Fsp3) is 0.160. The number of ketones is 1. The van der Waals surface area contributed by atoms with E-state index in [2.05, 4.69) is 15.5 Å². The minimum atomic E-state index is -0.544. The number of aromatic amines is 1. The van der Waals surface area contributed by atoms with Crippen LogP contribution in [0, 0.1) is 0 Å². The summed E-state index contributed by atoms with van der Waals surface area (Å²) in [6.07, 6.45) is 3.73. The zero-order chi connectivity index (χ0) is 23.4. The lowest BCUT2D eigenvalue weighted by Gasteiger charge is -2.18. The molecule has 7 nitrogen and oxygen atoms in total. The number of aromatic nitrogens is 2. The molecule has 0 radical (unpaired) electrons. The average Bonchev–Trinajstić information content (AvgIpc) is 3.48. The molecule has 168 valence electrons. The molecule has 0 aliphatic rings. The predicted octanol–water partition coefficient (Wildman–Crippen LogP) is 4.47. The number of nitrogens with zero attached hydrogens (tertiary/aromatic N) is 1. The molecular weight excluding hydrogens is 438 g/mol. The number of hydrogen-bond donors (Lipinski definition) is 3. The van der Waals surface area contributed by atoms with Crippen molar-refractivity contribution in [2.24, 2.45) is 0 Å². The predicted molar refractivity (Wildman–Crippen MR) is 130 cm³/mol. The first-order valence-electron chi connectivity index (χ1n) is 10.3. The van der Waals surface area contributed by atoms with Gasteiger partial charge in [-0.05, 0) is 48.9 Å². The number of rotatable bonds is 8. The van der Waals surface area contributed by atoms with Crippen molar-refractivity contribution in [1.82, 2.24) is 15.5 Å². The number of H-pyrrole nitrogens is 1. The second kappa shape index (κ2) is 9.81. The van der Waals surface area contributed by atoms with E-state index in [9.17, 15) is 14.7 Å². The maximum Gasteiger partial charge on any atom is 0.255 e. The third-order valence-corrected chi connectivity index (χ3v) is 6.38. The zero-order valence-electron chi connectivity index (χ0n) is 18.2. The summed E-state index contributed by atoms with van der Waals surface area (Å²) in [4.78, 5) is 26.3. The van der Waals surface area contributed by atoms with Gasteiger partial charge in [0.25, 0.3) is 5.91 Å². The smallest absolute Gasteiger partial charge is 0.255 e. The molecule has 0 aliphatic heterocycles. The number of thiophene rings is 1. The highest BCUT2D eigenvalue weighted by Crippen LogP contribution is 2.33. The number of carbonyl (C=O) groups is 2. The number of benzene rings is 2. The van der Waals surface area contributed by atoms with Crippen LogP contribution in [0.15, 0.2) is 54.6 Å². The molecule has 4 aromatic rings. The number of aliphatic hydroxyl groups excluding tert-OH is 1. The van der Waals surface area contributed by atoms with E-state index in [4.69, 9.17) is 4.74 Å². The highest BCUT2D eigenvalue weighted by Gasteiger charge is 2.21. The Morgan fingerprint density at radius 2 is 1.94 bits per heavy atom. The van der Waals surface area contributed by atoms with Crippen LogP contribution in [-0.2, 0) is 0 Å². The summed E-state index contributed by atoms with van der Waals surface area (Å²) >= 11 is 1.40. The van der Waals surface area contributed by atoms with Crippen molar-refractivity contribution < 1.29 is 19.4 Å². The van der Waals surface area contributed by atoms with Gasteiger partial charge in [0.15, 0.2) is 5.78 Å². The van der Waals surface area contributed by atoms with Crippen LogP contribution >= 0.6 is 11.3 Å². The first-order chi connectivity index (χ1) is 16.0. The largest absolute Gasteiger partial charge is 0.495 e. The monoisotopic (exact) mass is 461 g/mol. The Morgan fingerprint density at radius 3 is 2.61 bits per heavy atom. The SMILES string of the molecule is COc1c(C(=O)N[C@H](CO)c2ccccc2)ccc2n[nH]c(C=Cc3ccc(C(C)=O)s3)c12. The molecule has 2 aromatic heterocycles. The fourth-order valence-electron chi connectivity index (χ4n) is 3.57. The fourth-order valence-corrected chi connectivity index (χ4v) is 4.37. The van der Waals surface area contributed by atoms with E-state index in [1.807, 2.05) is 48.6 Å². The molecule has 0 saturated heterocycles. The van der Waals surface area contributed by atoms with Crippen LogP contribution in [0.25, 0.3) is 23.1 Å². The van der Waals surface area contributed by atoms with Crippen molar-refractivity contribution in [3.8, 4) is 5.75 Å². The molecule has 0 spiro atoms. The van der Waals surface area contributed by atoms with E-state index in [-0.39, 0.29) is 18.3 Å². The molecule has 0 fully saturated rings. The van der Waals surface area contributed by atoms with Crippen LogP contribution in [0.1, 0.15) is 49.1 Å². The summed E-state index contributed by atoms with van der Waals surface area (Å²) < 4.78 is 5.63. The van der Waals surface area contributed by atoms with Gasteiger partial charge >= 0.3 is 0 Å². The number of Topliss-reactive ketones (excluding diaryl/α,β-unsaturated/α-hetero) is 1. The summed E-state index contributed by atoms with van der Waals surface area (Å²) in [7, 11) is 1.51. The Bertz CT molecular complexity index is 1320. The number of carbonyl (C=O) groups excluding carboxylic acids is 2. The lowest BCUT2D eigenvalue weighted by Crippen LogP contribution is -2.31. The topological polar surface area (TPSA) is 104 Å². The number of hydrogen-bond acceptors (Lipinski definition) is 6. The molecule has 0 saturated carbocycles. The Morgan fingerprint density at radius 1 is 1.15 bits per heavy atom. The van der Waals surface area contributed by atoms with Crippen LogP contribution in [0.4, 0.5) is 0 Å². The van der Waals surface area contributed by atoms with Crippen molar-refractivity contribution >= 4 is 46.1 Å². The molecule has 33 heavy (non-hydrogen) atoms. The van der Waals surface area contributed by atoms with Gasteiger partial charge in [-0.1, -0.05) is 30.3 Å². The van der Waals surface area contributed by atoms with Crippen molar-refractivity contribution in [1.29, 1.82) is 0 Å². The summed E-state index contributed by atoms with van der Waals surface area (Å²) in [5.74, 6) is 0.0524. The Kier molecular flexibility index (Phi) is 6.67. The van der Waals surface area contributed by atoms with E-state index in [0.717, 1.165) is 10.4 Å². The molecule has 4 rings (SSSR count). The summed E-state index contributed by atoms with van der Waals surface area (Å²) in [5, 5.41) is 20.7. The standard InChI is InChI=1S/C25H23N3O4S/c1-15(30)22-13-9-17(33-22)8-11-19-23-20(28-27-19)12-10-18(24(23)32-2)25(31)26-21(14-29)16-6-4-3-5-7-16/h3-13,21,29H,14H2,1-2H3,(H,26,31)(H,27,28)/t21-/m1/s1. The zero-order valence-corrected chi connectivity index (χ0v) is 19.0. The molecule has 3 N–H and O–H groups in total. The molecule has 1 atom stereocenters. The van der Waals surface area contributed by atoms with E-state index >= 15 is 0 Å². The Labute approximate surface area is 194 Å². The molecule has 2 aromatic carbocycles. The van der Waals surface area contributed by atoms with Crippen LogP contribution in [0.3, 0.4) is 0 Å². The highest BCUT2D eigenvalue weighted by atomic mass is 32.1. The lowest BCUT2D eigenvalue weighted by molar-refractivity contribution is 0.0913. The van der Waals surface area contributed by atoms with Crippen molar-refractivity contribution in [2.75, 3.05) is 13.7 Å². The molecular formula is C25H23N3O4S. The van der Waals surface area contributed by atoms with E-state index in [1.54, 1.807) is 18.2 Å². The molecule has 2 heterocycles. The Balaban J connectivity index is 1.66. The summed E-state index contributed by atoms with van der Waals surface area (Å²) in [6.45, 7) is 1.31. The Hall–Kier alpha value is -3.75. The maximum absolute atomic E-state index is 13.1. The molecule has 0 bridgehead atoms. The van der Waals surface area contributed by atoms with Crippen molar-refractivity contribution in [2.45, 2.75) is 13.0 Å². The summed E-state index contributed by atoms with van der Waals surface area (Å²) in [5.41, 5.74) is 2.48. The molecule has 0 unspecified atom stereocenters. The molecule has 1 amide bonds. The highest BCUT2D eigenvalue weighted by molar-refractivity contribution is 7.14. The lowest BCUT2D eigenvalue weighted by atomic mass is 10.0. The number of methoxy groups -OCH3 is 1. The van der Waals surface area contributed by atoms with Gasteiger partial charge in [0.05, 0.1) is 46.8 Å². The van der Waals surface area contributed by atoms with E-state index in [1.165, 1.54) is 25.4 Å².